The normalized spacial score (nSPS) is 16.1. The molecule has 1 aliphatic rings. The zero-order chi connectivity index (χ0) is 20.5. The molecule has 0 saturated carbocycles. The fourth-order valence-electron chi connectivity index (χ4n) is 2.98. The minimum atomic E-state index is -4.02. The Kier molecular flexibility index (Phi) is 6.29. The number of benzene rings is 2. The van der Waals surface area contributed by atoms with Crippen molar-refractivity contribution in [2.24, 2.45) is 5.92 Å². The SMILES string of the molecule is CC1CCN(S(=O)(=O)c2cc(C(=O)Nc3ccc(Cl)c(Cl)c3)ccc2F)CC1. The van der Waals surface area contributed by atoms with Gasteiger partial charge in [-0.15, -0.1) is 0 Å². The van der Waals surface area contributed by atoms with Crippen LogP contribution in [-0.2, 0) is 10.0 Å². The highest BCUT2D eigenvalue weighted by Gasteiger charge is 2.31. The molecule has 1 aliphatic heterocycles. The maximum atomic E-state index is 14.3. The van der Waals surface area contributed by atoms with Gasteiger partial charge >= 0.3 is 0 Å². The van der Waals surface area contributed by atoms with E-state index >= 15 is 0 Å². The molecule has 1 heterocycles. The summed E-state index contributed by atoms with van der Waals surface area (Å²) in [5.41, 5.74) is 0.412. The second kappa shape index (κ2) is 8.37. The van der Waals surface area contributed by atoms with E-state index in [-0.39, 0.29) is 10.6 Å². The van der Waals surface area contributed by atoms with Crippen LogP contribution in [0.3, 0.4) is 0 Å². The van der Waals surface area contributed by atoms with E-state index in [4.69, 9.17) is 23.2 Å². The number of amides is 1. The summed E-state index contributed by atoms with van der Waals surface area (Å²) >= 11 is 11.8. The molecule has 0 unspecified atom stereocenters. The zero-order valence-electron chi connectivity index (χ0n) is 15.1. The molecule has 0 bridgehead atoms. The first kappa shape index (κ1) is 21.0. The molecule has 1 N–H and O–H groups in total. The third-order valence-corrected chi connectivity index (χ3v) is 7.38. The molecular weight excluding hydrogens is 426 g/mol. The molecule has 1 fully saturated rings. The van der Waals surface area contributed by atoms with Crippen molar-refractivity contribution in [2.45, 2.75) is 24.7 Å². The molecule has 9 heteroatoms. The fraction of sp³-hybridized carbons (Fsp3) is 0.316. The van der Waals surface area contributed by atoms with E-state index in [0.717, 1.165) is 25.0 Å². The van der Waals surface area contributed by atoms with Gasteiger partial charge in [0.15, 0.2) is 0 Å². The monoisotopic (exact) mass is 444 g/mol. The average Bonchev–Trinajstić information content (AvgIpc) is 2.65. The predicted octanol–water partition coefficient (Wildman–Crippen LogP) is 4.81. The van der Waals surface area contributed by atoms with Crippen LogP contribution < -0.4 is 5.32 Å². The molecule has 3 rings (SSSR count). The Hall–Kier alpha value is -1.67. The summed E-state index contributed by atoms with van der Waals surface area (Å²) in [5, 5.41) is 3.20. The third-order valence-electron chi connectivity index (χ3n) is 4.73. The van der Waals surface area contributed by atoms with Crippen LogP contribution in [-0.4, -0.2) is 31.7 Å². The van der Waals surface area contributed by atoms with Crippen LogP contribution in [0.1, 0.15) is 30.1 Å². The van der Waals surface area contributed by atoms with E-state index in [1.54, 1.807) is 6.07 Å². The Morgan fingerprint density at radius 3 is 2.43 bits per heavy atom. The first-order valence-electron chi connectivity index (χ1n) is 8.74. The lowest BCUT2D eigenvalue weighted by atomic mass is 10.0. The zero-order valence-corrected chi connectivity index (χ0v) is 17.4. The van der Waals surface area contributed by atoms with Crippen molar-refractivity contribution < 1.29 is 17.6 Å². The van der Waals surface area contributed by atoms with Gasteiger partial charge in [-0.2, -0.15) is 4.31 Å². The molecule has 5 nitrogen and oxygen atoms in total. The number of sulfonamides is 1. The first-order chi connectivity index (χ1) is 13.2. The average molecular weight is 445 g/mol. The summed E-state index contributed by atoms with van der Waals surface area (Å²) in [6, 6.07) is 7.84. The summed E-state index contributed by atoms with van der Waals surface area (Å²) in [7, 11) is -4.02. The van der Waals surface area contributed by atoms with Gasteiger partial charge in [-0.05, 0) is 55.2 Å². The highest BCUT2D eigenvalue weighted by molar-refractivity contribution is 7.89. The van der Waals surface area contributed by atoms with Crippen LogP contribution in [0.2, 0.25) is 10.0 Å². The Labute approximate surface area is 173 Å². The predicted molar refractivity (Wildman–Crippen MR) is 108 cm³/mol. The molecule has 0 radical (unpaired) electrons. The highest BCUT2D eigenvalue weighted by atomic mass is 35.5. The molecule has 2 aromatic rings. The fourth-order valence-corrected chi connectivity index (χ4v) is 4.84. The largest absolute Gasteiger partial charge is 0.322 e. The van der Waals surface area contributed by atoms with E-state index < -0.39 is 26.6 Å². The minimum Gasteiger partial charge on any atom is -0.322 e. The number of halogens is 3. The van der Waals surface area contributed by atoms with E-state index in [2.05, 4.69) is 12.2 Å². The smallest absolute Gasteiger partial charge is 0.255 e. The second-order valence-electron chi connectivity index (χ2n) is 6.81. The molecule has 2 aromatic carbocycles. The molecule has 0 aliphatic carbocycles. The van der Waals surface area contributed by atoms with Crippen molar-refractivity contribution in [3.8, 4) is 0 Å². The van der Waals surface area contributed by atoms with Gasteiger partial charge in [-0.1, -0.05) is 30.1 Å². The van der Waals surface area contributed by atoms with Crippen molar-refractivity contribution in [3.05, 3.63) is 57.8 Å². The second-order valence-corrected chi connectivity index (χ2v) is 9.54. The lowest BCUT2D eigenvalue weighted by Crippen LogP contribution is -2.38. The van der Waals surface area contributed by atoms with Crippen LogP contribution in [0, 0.1) is 11.7 Å². The first-order valence-corrected chi connectivity index (χ1v) is 10.9. The van der Waals surface area contributed by atoms with Gasteiger partial charge in [0.25, 0.3) is 5.91 Å². The maximum absolute atomic E-state index is 14.3. The van der Waals surface area contributed by atoms with Gasteiger partial charge in [0, 0.05) is 24.3 Å². The number of hydrogen-bond acceptors (Lipinski definition) is 3. The van der Waals surface area contributed by atoms with Crippen LogP contribution in [0.4, 0.5) is 10.1 Å². The summed E-state index contributed by atoms with van der Waals surface area (Å²) in [6.45, 7) is 2.73. The number of carbonyl (C=O) groups excluding carboxylic acids is 1. The van der Waals surface area contributed by atoms with E-state index in [1.807, 2.05) is 0 Å². The van der Waals surface area contributed by atoms with Gasteiger partial charge in [-0.25, -0.2) is 12.8 Å². The summed E-state index contributed by atoms with van der Waals surface area (Å²) in [5.74, 6) is -1.04. The van der Waals surface area contributed by atoms with Crippen LogP contribution in [0.25, 0.3) is 0 Å². The quantitative estimate of drug-likeness (QED) is 0.735. The number of piperidine rings is 1. The van der Waals surface area contributed by atoms with Crippen molar-refractivity contribution >= 4 is 44.8 Å². The third kappa shape index (κ3) is 4.49. The number of hydrogen-bond donors (Lipinski definition) is 1. The van der Waals surface area contributed by atoms with Gasteiger partial charge in [0.05, 0.1) is 10.0 Å². The molecule has 0 spiro atoms. The van der Waals surface area contributed by atoms with E-state index in [0.29, 0.717) is 29.7 Å². The summed E-state index contributed by atoms with van der Waals surface area (Å²) < 4.78 is 41.3. The molecule has 1 saturated heterocycles. The minimum absolute atomic E-state index is 0.0245. The van der Waals surface area contributed by atoms with Gasteiger partial charge in [-0.3, -0.25) is 4.79 Å². The van der Waals surface area contributed by atoms with E-state index in [9.17, 15) is 17.6 Å². The molecular formula is C19H19Cl2FN2O3S. The standard InChI is InChI=1S/C19H19Cl2FN2O3S/c1-12-6-8-24(9-7-12)28(26,27)18-10-13(2-5-17(18)22)19(25)23-14-3-4-15(20)16(21)11-14/h2-5,10-12H,6-9H2,1H3,(H,23,25). The summed E-state index contributed by atoms with van der Waals surface area (Å²) in [4.78, 5) is 12.0. The number of anilines is 1. The maximum Gasteiger partial charge on any atom is 0.255 e. The molecule has 1 amide bonds. The number of nitrogens with one attached hydrogen (secondary N) is 1. The Balaban J connectivity index is 1.86. The molecule has 150 valence electrons. The summed E-state index contributed by atoms with van der Waals surface area (Å²) in [6.07, 6.45) is 1.44. The van der Waals surface area contributed by atoms with Crippen molar-refractivity contribution in [1.82, 2.24) is 4.31 Å². The molecule has 28 heavy (non-hydrogen) atoms. The highest BCUT2D eigenvalue weighted by Crippen LogP contribution is 2.27. The van der Waals surface area contributed by atoms with Crippen LogP contribution in [0.15, 0.2) is 41.3 Å². The topological polar surface area (TPSA) is 66.5 Å². The van der Waals surface area contributed by atoms with Gasteiger partial charge < -0.3 is 5.32 Å². The van der Waals surface area contributed by atoms with Crippen LogP contribution in [0.5, 0.6) is 0 Å². The number of rotatable bonds is 4. The van der Waals surface area contributed by atoms with E-state index in [1.165, 1.54) is 22.5 Å². The van der Waals surface area contributed by atoms with Gasteiger partial charge in [0.1, 0.15) is 10.7 Å². The molecule has 0 atom stereocenters. The lowest BCUT2D eigenvalue weighted by molar-refractivity contribution is 0.102. The van der Waals surface area contributed by atoms with Crippen molar-refractivity contribution in [1.29, 1.82) is 0 Å². The van der Waals surface area contributed by atoms with Crippen LogP contribution >= 0.6 is 23.2 Å². The Morgan fingerprint density at radius 2 is 1.79 bits per heavy atom. The van der Waals surface area contributed by atoms with Gasteiger partial charge in [0.2, 0.25) is 10.0 Å². The number of carbonyl (C=O) groups is 1. The van der Waals surface area contributed by atoms with Crippen molar-refractivity contribution in [2.75, 3.05) is 18.4 Å². The van der Waals surface area contributed by atoms with Crippen molar-refractivity contribution in [3.63, 3.8) is 0 Å². The Bertz CT molecular complexity index is 1010. The lowest BCUT2D eigenvalue weighted by Gasteiger charge is -2.29. The number of nitrogens with zero attached hydrogens (tertiary/aromatic N) is 1. The molecule has 0 aromatic heterocycles. The Morgan fingerprint density at radius 1 is 1.11 bits per heavy atom.